The molecular formula is C20H28FIN4O2S. The Hall–Kier alpha value is -1.72. The van der Waals surface area contributed by atoms with E-state index in [9.17, 15) is 12.8 Å². The Balaban J connectivity index is 0.00000420. The monoisotopic (exact) mass is 534 g/mol. The lowest BCUT2D eigenvalue weighted by Gasteiger charge is -2.13. The second-order valence-electron chi connectivity index (χ2n) is 6.42. The van der Waals surface area contributed by atoms with Crippen molar-refractivity contribution >= 4 is 40.0 Å². The van der Waals surface area contributed by atoms with Crippen LogP contribution in [0.3, 0.4) is 0 Å². The second kappa shape index (κ2) is 12.1. The highest BCUT2D eigenvalue weighted by Crippen LogP contribution is 2.16. The molecule has 0 spiro atoms. The zero-order valence-electron chi connectivity index (χ0n) is 16.8. The smallest absolute Gasteiger partial charge is 0.240 e. The summed E-state index contributed by atoms with van der Waals surface area (Å²) in [7, 11) is -3.57. The molecule has 160 valence electrons. The normalized spacial score (nSPS) is 11.7. The van der Waals surface area contributed by atoms with Crippen LogP contribution >= 0.6 is 24.0 Å². The highest BCUT2D eigenvalue weighted by atomic mass is 127. The molecule has 2 aromatic carbocycles. The predicted octanol–water partition coefficient (Wildman–Crippen LogP) is 3.09. The maximum Gasteiger partial charge on any atom is 0.240 e. The number of aryl methyl sites for hydroxylation is 2. The number of benzene rings is 2. The Morgan fingerprint density at radius 3 is 2.38 bits per heavy atom. The van der Waals surface area contributed by atoms with Crippen molar-refractivity contribution in [2.24, 2.45) is 4.99 Å². The van der Waals surface area contributed by atoms with Crippen LogP contribution in [-0.2, 0) is 16.6 Å². The van der Waals surface area contributed by atoms with Crippen molar-refractivity contribution in [3.63, 3.8) is 0 Å². The third kappa shape index (κ3) is 8.27. The van der Waals surface area contributed by atoms with E-state index in [1.807, 2.05) is 19.9 Å². The maximum atomic E-state index is 13.0. The standard InChI is InChI=1S/C20H27FN4O2S.HI/c1-4-22-20(24-14-17-7-9-18(21)10-8-17)23-11-12-25-28(26,27)19-13-15(2)5-6-16(19)3;/h5-10,13,25H,4,11-12,14H2,1-3H3,(H2,22,23,24);1H. The summed E-state index contributed by atoms with van der Waals surface area (Å²) in [5.74, 6) is 0.284. The van der Waals surface area contributed by atoms with E-state index in [2.05, 4.69) is 20.3 Å². The first-order valence-electron chi connectivity index (χ1n) is 9.15. The van der Waals surface area contributed by atoms with E-state index >= 15 is 0 Å². The Labute approximate surface area is 189 Å². The molecule has 0 aliphatic rings. The average Bonchev–Trinajstić information content (AvgIpc) is 2.66. The molecule has 2 aromatic rings. The van der Waals surface area contributed by atoms with Crippen LogP contribution in [0.5, 0.6) is 0 Å². The highest BCUT2D eigenvalue weighted by Gasteiger charge is 2.16. The van der Waals surface area contributed by atoms with Crippen LogP contribution in [0.15, 0.2) is 52.4 Å². The first-order valence-corrected chi connectivity index (χ1v) is 10.6. The summed E-state index contributed by atoms with van der Waals surface area (Å²) < 4.78 is 40.6. The zero-order chi connectivity index (χ0) is 20.6. The van der Waals surface area contributed by atoms with Gasteiger partial charge in [0.2, 0.25) is 10.0 Å². The number of aliphatic imine (C=N–C) groups is 1. The number of hydrogen-bond donors (Lipinski definition) is 3. The first-order chi connectivity index (χ1) is 13.3. The molecule has 29 heavy (non-hydrogen) atoms. The number of halogens is 2. The molecule has 0 saturated carbocycles. The molecule has 0 bridgehead atoms. The summed E-state index contributed by atoms with van der Waals surface area (Å²) >= 11 is 0. The predicted molar refractivity (Wildman–Crippen MR) is 126 cm³/mol. The van der Waals surface area contributed by atoms with Gasteiger partial charge in [-0.3, -0.25) is 0 Å². The van der Waals surface area contributed by atoms with Crippen molar-refractivity contribution in [2.75, 3.05) is 19.6 Å². The molecule has 0 radical (unpaired) electrons. The third-order valence-corrected chi connectivity index (χ3v) is 5.62. The van der Waals surface area contributed by atoms with Crippen LogP contribution in [-0.4, -0.2) is 34.0 Å². The lowest BCUT2D eigenvalue weighted by molar-refractivity contribution is 0.579. The Kier molecular flexibility index (Phi) is 10.5. The number of sulfonamides is 1. The van der Waals surface area contributed by atoms with Crippen molar-refractivity contribution in [2.45, 2.75) is 32.2 Å². The van der Waals surface area contributed by atoms with Gasteiger partial charge in [-0.25, -0.2) is 22.5 Å². The molecule has 0 atom stereocenters. The van der Waals surface area contributed by atoms with Gasteiger partial charge in [-0.15, -0.1) is 24.0 Å². The molecule has 2 rings (SSSR count). The van der Waals surface area contributed by atoms with Crippen molar-refractivity contribution in [1.82, 2.24) is 15.4 Å². The summed E-state index contributed by atoms with van der Waals surface area (Å²) in [5.41, 5.74) is 2.49. The van der Waals surface area contributed by atoms with Gasteiger partial charge in [-0.2, -0.15) is 0 Å². The van der Waals surface area contributed by atoms with E-state index in [0.29, 0.717) is 36.1 Å². The Bertz CT molecular complexity index is 919. The summed E-state index contributed by atoms with van der Waals surface area (Å²) in [5, 5.41) is 6.19. The molecule has 0 unspecified atom stereocenters. The lowest BCUT2D eigenvalue weighted by atomic mass is 10.2. The second-order valence-corrected chi connectivity index (χ2v) is 8.15. The van der Waals surface area contributed by atoms with Gasteiger partial charge in [0.1, 0.15) is 5.82 Å². The number of guanidine groups is 1. The van der Waals surface area contributed by atoms with Crippen LogP contribution in [0.25, 0.3) is 0 Å². The molecule has 0 saturated heterocycles. The van der Waals surface area contributed by atoms with Crippen molar-refractivity contribution in [3.8, 4) is 0 Å². The fraction of sp³-hybridized carbons (Fsp3) is 0.350. The van der Waals surface area contributed by atoms with Gasteiger partial charge >= 0.3 is 0 Å². The number of nitrogens with one attached hydrogen (secondary N) is 3. The molecular weight excluding hydrogens is 506 g/mol. The van der Waals surface area contributed by atoms with Gasteiger partial charge in [0, 0.05) is 19.6 Å². The van der Waals surface area contributed by atoms with E-state index in [1.165, 1.54) is 12.1 Å². The topological polar surface area (TPSA) is 82.6 Å². The minimum Gasteiger partial charge on any atom is -0.357 e. The van der Waals surface area contributed by atoms with Gasteiger partial charge < -0.3 is 10.6 Å². The first kappa shape index (κ1) is 25.3. The lowest BCUT2D eigenvalue weighted by Crippen LogP contribution is -2.41. The SMILES string of the molecule is CCNC(=NCc1ccc(F)cc1)NCCNS(=O)(=O)c1cc(C)ccc1C.I. The van der Waals surface area contributed by atoms with Crippen LogP contribution in [0, 0.1) is 19.7 Å². The molecule has 3 N–H and O–H groups in total. The Morgan fingerprint density at radius 1 is 1.03 bits per heavy atom. The van der Waals surface area contributed by atoms with Crippen LogP contribution in [0.4, 0.5) is 4.39 Å². The van der Waals surface area contributed by atoms with E-state index in [4.69, 9.17) is 0 Å². The van der Waals surface area contributed by atoms with Crippen molar-refractivity contribution < 1.29 is 12.8 Å². The maximum absolute atomic E-state index is 13.0. The molecule has 0 fully saturated rings. The molecule has 0 aliphatic carbocycles. The molecule has 0 aliphatic heterocycles. The van der Waals surface area contributed by atoms with Gasteiger partial charge in [0.25, 0.3) is 0 Å². The molecule has 9 heteroatoms. The molecule has 0 heterocycles. The largest absolute Gasteiger partial charge is 0.357 e. The van der Waals surface area contributed by atoms with E-state index in [1.54, 1.807) is 31.2 Å². The summed E-state index contributed by atoms with van der Waals surface area (Å²) in [6.07, 6.45) is 0. The van der Waals surface area contributed by atoms with E-state index in [0.717, 1.165) is 11.1 Å². The quantitative estimate of drug-likeness (QED) is 0.211. The minimum atomic E-state index is -3.57. The molecule has 0 amide bonds. The summed E-state index contributed by atoms with van der Waals surface area (Å²) in [6, 6.07) is 11.5. The van der Waals surface area contributed by atoms with Crippen LogP contribution in [0.1, 0.15) is 23.6 Å². The fourth-order valence-electron chi connectivity index (χ4n) is 2.54. The van der Waals surface area contributed by atoms with Crippen LogP contribution < -0.4 is 15.4 Å². The zero-order valence-corrected chi connectivity index (χ0v) is 20.0. The van der Waals surface area contributed by atoms with Gasteiger partial charge in [0.15, 0.2) is 5.96 Å². The van der Waals surface area contributed by atoms with Crippen LogP contribution in [0.2, 0.25) is 0 Å². The third-order valence-electron chi connectivity index (χ3n) is 4.02. The number of hydrogen-bond acceptors (Lipinski definition) is 3. The number of nitrogens with zero attached hydrogens (tertiary/aromatic N) is 1. The highest BCUT2D eigenvalue weighted by molar-refractivity contribution is 14.0. The van der Waals surface area contributed by atoms with Crippen molar-refractivity contribution in [1.29, 1.82) is 0 Å². The van der Waals surface area contributed by atoms with Crippen molar-refractivity contribution in [3.05, 3.63) is 65.0 Å². The molecule has 0 aromatic heterocycles. The Morgan fingerprint density at radius 2 is 1.72 bits per heavy atom. The fourth-order valence-corrected chi connectivity index (χ4v) is 3.90. The van der Waals surface area contributed by atoms with Gasteiger partial charge in [-0.05, 0) is 55.7 Å². The number of rotatable bonds is 8. The van der Waals surface area contributed by atoms with E-state index in [-0.39, 0.29) is 36.3 Å². The van der Waals surface area contributed by atoms with Gasteiger partial charge in [0.05, 0.1) is 11.4 Å². The van der Waals surface area contributed by atoms with Gasteiger partial charge in [-0.1, -0.05) is 24.3 Å². The molecule has 6 nitrogen and oxygen atoms in total. The summed E-state index contributed by atoms with van der Waals surface area (Å²) in [4.78, 5) is 4.72. The van der Waals surface area contributed by atoms with E-state index < -0.39 is 10.0 Å². The minimum absolute atomic E-state index is 0. The summed E-state index contributed by atoms with van der Waals surface area (Å²) in [6.45, 7) is 7.24. The average molecular weight is 534 g/mol.